The van der Waals surface area contributed by atoms with E-state index < -0.39 is 29.3 Å². The number of rotatable bonds is 6. The topological polar surface area (TPSA) is 77.6 Å². The maximum atomic E-state index is 14.2. The lowest BCUT2D eigenvalue weighted by Crippen LogP contribution is -2.28. The SMILES string of the molecule is COC(=O)c1cc(F)cc(-c2ccc(OC)c(C(C(=O)OC(C)(C)C)c3ccc[nH]3)c2)c1. The standard InChI is InChI=1S/C25H26FNO5/c1-25(2,3)32-24(29)22(20-7-6-10-27-20)19-14-15(8-9-21(19)30-4)16-11-17(23(28)31-5)13-18(26)12-16/h6-14,22,27H,1-5H3. The fourth-order valence-electron chi connectivity index (χ4n) is 3.44. The highest BCUT2D eigenvalue weighted by Gasteiger charge is 2.31. The molecule has 0 saturated carbocycles. The number of aromatic nitrogens is 1. The van der Waals surface area contributed by atoms with Crippen molar-refractivity contribution in [3.8, 4) is 16.9 Å². The van der Waals surface area contributed by atoms with Gasteiger partial charge in [-0.25, -0.2) is 9.18 Å². The lowest BCUT2D eigenvalue weighted by atomic mass is 9.91. The third-order valence-corrected chi connectivity index (χ3v) is 4.77. The molecule has 0 aliphatic rings. The molecule has 168 valence electrons. The Morgan fingerprint density at radius 3 is 2.34 bits per heavy atom. The molecular weight excluding hydrogens is 413 g/mol. The van der Waals surface area contributed by atoms with Gasteiger partial charge in [-0.05, 0) is 74.4 Å². The summed E-state index contributed by atoms with van der Waals surface area (Å²) in [5, 5.41) is 0. The molecule has 0 radical (unpaired) electrons. The quantitative estimate of drug-likeness (QED) is 0.542. The molecule has 1 N–H and O–H groups in total. The molecule has 1 heterocycles. The Labute approximate surface area is 186 Å². The minimum absolute atomic E-state index is 0.0907. The zero-order valence-electron chi connectivity index (χ0n) is 18.7. The van der Waals surface area contributed by atoms with Gasteiger partial charge in [0.15, 0.2) is 0 Å². The highest BCUT2D eigenvalue weighted by atomic mass is 19.1. The van der Waals surface area contributed by atoms with E-state index in [4.69, 9.17) is 14.2 Å². The second-order valence-electron chi connectivity index (χ2n) is 8.27. The highest BCUT2D eigenvalue weighted by molar-refractivity contribution is 5.91. The molecule has 3 aromatic rings. The number of benzene rings is 2. The Balaban J connectivity index is 2.15. The number of H-pyrrole nitrogens is 1. The predicted octanol–water partition coefficient (Wildman–Crippen LogP) is 5.09. The van der Waals surface area contributed by atoms with Crippen LogP contribution in [0.2, 0.25) is 0 Å². The summed E-state index contributed by atoms with van der Waals surface area (Å²) in [5.41, 5.74) is 1.64. The number of methoxy groups -OCH3 is 2. The first-order chi connectivity index (χ1) is 15.1. The molecule has 1 unspecified atom stereocenters. The Morgan fingerprint density at radius 2 is 1.75 bits per heavy atom. The summed E-state index contributed by atoms with van der Waals surface area (Å²) in [6.07, 6.45) is 1.72. The minimum atomic E-state index is -0.798. The van der Waals surface area contributed by atoms with Crippen LogP contribution in [0.4, 0.5) is 4.39 Å². The molecule has 0 saturated heterocycles. The Bertz CT molecular complexity index is 1120. The molecule has 3 rings (SSSR count). The van der Waals surface area contributed by atoms with Gasteiger partial charge in [-0.1, -0.05) is 6.07 Å². The predicted molar refractivity (Wildman–Crippen MR) is 118 cm³/mol. The van der Waals surface area contributed by atoms with Crippen LogP contribution < -0.4 is 4.74 Å². The molecule has 0 bridgehead atoms. The molecule has 0 amide bonds. The van der Waals surface area contributed by atoms with E-state index in [1.807, 2.05) is 0 Å². The van der Waals surface area contributed by atoms with Crippen LogP contribution in [0.1, 0.15) is 48.3 Å². The van der Waals surface area contributed by atoms with E-state index in [1.165, 1.54) is 26.4 Å². The van der Waals surface area contributed by atoms with Crippen molar-refractivity contribution in [1.29, 1.82) is 0 Å². The second-order valence-corrected chi connectivity index (χ2v) is 8.27. The van der Waals surface area contributed by atoms with Crippen LogP contribution in [0, 0.1) is 5.82 Å². The van der Waals surface area contributed by atoms with Gasteiger partial charge in [0.25, 0.3) is 0 Å². The van der Waals surface area contributed by atoms with E-state index in [-0.39, 0.29) is 5.56 Å². The molecule has 0 spiro atoms. The largest absolute Gasteiger partial charge is 0.496 e. The minimum Gasteiger partial charge on any atom is -0.496 e. The van der Waals surface area contributed by atoms with E-state index in [1.54, 1.807) is 57.3 Å². The first-order valence-corrected chi connectivity index (χ1v) is 10.1. The normalized spacial score (nSPS) is 12.2. The van der Waals surface area contributed by atoms with Crippen molar-refractivity contribution in [2.75, 3.05) is 14.2 Å². The summed E-state index contributed by atoms with van der Waals surface area (Å²) in [7, 11) is 2.75. The smallest absolute Gasteiger partial charge is 0.337 e. The molecule has 0 fully saturated rings. The fraction of sp³-hybridized carbons (Fsp3) is 0.280. The number of esters is 2. The molecule has 6 nitrogen and oxygen atoms in total. The monoisotopic (exact) mass is 439 g/mol. The zero-order valence-corrected chi connectivity index (χ0v) is 18.7. The van der Waals surface area contributed by atoms with Gasteiger partial charge in [0, 0.05) is 17.5 Å². The van der Waals surface area contributed by atoms with E-state index >= 15 is 0 Å². The average Bonchev–Trinajstić information content (AvgIpc) is 3.25. The summed E-state index contributed by atoms with van der Waals surface area (Å²) in [4.78, 5) is 28.2. The maximum Gasteiger partial charge on any atom is 0.337 e. The van der Waals surface area contributed by atoms with Crippen LogP contribution in [0.25, 0.3) is 11.1 Å². The number of ether oxygens (including phenoxy) is 3. The lowest BCUT2D eigenvalue weighted by Gasteiger charge is -2.25. The third kappa shape index (κ3) is 5.17. The van der Waals surface area contributed by atoms with Crippen LogP contribution in [-0.4, -0.2) is 36.7 Å². The molecule has 7 heteroatoms. The zero-order chi connectivity index (χ0) is 23.5. The highest BCUT2D eigenvalue weighted by Crippen LogP contribution is 2.37. The van der Waals surface area contributed by atoms with Crippen molar-refractivity contribution in [2.24, 2.45) is 0 Å². The lowest BCUT2D eigenvalue weighted by molar-refractivity contribution is -0.155. The first kappa shape index (κ1) is 23.1. The van der Waals surface area contributed by atoms with Crippen LogP contribution in [0.5, 0.6) is 5.75 Å². The van der Waals surface area contributed by atoms with Crippen LogP contribution in [0.15, 0.2) is 54.7 Å². The molecule has 2 aromatic carbocycles. The van der Waals surface area contributed by atoms with E-state index in [0.717, 1.165) is 6.07 Å². The van der Waals surface area contributed by atoms with E-state index in [2.05, 4.69) is 4.98 Å². The first-order valence-electron chi connectivity index (χ1n) is 10.1. The van der Waals surface area contributed by atoms with Gasteiger partial charge < -0.3 is 19.2 Å². The fourth-order valence-corrected chi connectivity index (χ4v) is 3.44. The Kier molecular flexibility index (Phi) is 6.67. The van der Waals surface area contributed by atoms with Crippen molar-refractivity contribution in [3.05, 3.63) is 77.4 Å². The van der Waals surface area contributed by atoms with Crippen molar-refractivity contribution < 1.29 is 28.2 Å². The van der Waals surface area contributed by atoms with Crippen molar-refractivity contribution >= 4 is 11.9 Å². The van der Waals surface area contributed by atoms with Gasteiger partial charge in [0.1, 0.15) is 23.1 Å². The van der Waals surface area contributed by atoms with Crippen molar-refractivity contribution in [1.82, 2.24) is 4.98 Å². The summed E-state index contributed by atoms with van der Waals surface area (Å²) >= 11 is 0. The number of carbonyl (C=O) groups excluding carboxylic acids is 2. The van der Waals surface area contributed by atoms with Gasteiger partial charge >= 0.3 is 11.9 Å². The molecule has 0 aliphatic heterocycles. The molecule has 1 aromatic heterocycles. The van der Waals surface area contributed by atoms with Gasteiger partial charge in [0.2, 0.25) is 0 Å². The number of hydrogen-bond acceptors (Lipinski definition) is 5. The summed E-state index contributed by atoms with van der Waals surface area (Å²) in [6, 6.07) is 12.7. The summed E-state index contributed by atoms with van der Waals surface area (Å²) in [5.74, 6) is -1.99. The molecular formula is C25H26FNO5. The van der Waals surface area contributed by atoms with Crippen molar-refractivity contribution in [3.63, 3.8) is 0 Å². The van der Waals surface area contributed by atoms with E-state index in [9.17, 15) is 14.0 Å². The number of halogens is 1. The van der Waals surface area contributed by atoms with Crippen LogP contribution >= 0.6 is 0 Å². The van der Waals surface area contributed by atoms with Crippen molar-refractivity contribution in [2.45, 2.75) is 32.3 Å². The molecule has 0 aliphatic carbocycles. The van der Waals surface area contributed by atoms with Gasteiger partial charge in [-0.15, -0.1) is 0 Å². The second kappa shape index (κ2) is 9.26. The van der Waals surface area contributed by atoms with Crippen LogP contribution in [0.3, 0.4) is 0 Å². The average molecular weight is 439 g/mol. The number of carbonyl (C=O) groups is 2. The Hall–Kier alpha value is -3.61. The van der Waals surface area contributed by atoms with Gasteiger partial charge in [-0.2, -0.15) is 0 Å². The Morgan fingerprint density at radius 1 is 1.00 bits per heavy atom. The third-order valence-electron chi connectivity index (χ3n) is 4.77. The molecule has 1 atom stereocenters. The van der Waals surface area contributed by atoms with E-state index in [0.29, 0.717) is 28.1 Å². The van der Waals surface area contributed by atoms with Gasteiger partial charge in [-0.3, -0.25) is 4.79 Å². The molecule has 32 heavy (non-hydrogen) atoms. The summed E-state index contributed by atoms with van der Waals surface area (Å²) in [6.45, 7) is 5.39. The maximum absolute atomic E-state index is 14.2. The van der Waals surface area contributed by atoms with Gasteiger partial charge in [0.05, 0.1) is 19.8 Å². The summed E-state index contributed by atoms with van der Waals surface area (Å²) < 4.78 is 30.2. The number of aromatic amines is 1. The van der Waals surface area contributed by atoms with Crippen LogP contribution in [-0.2, 0) is 14.3 Å². The number of nitrogens with one attached hydrogen (secondary N) is 1. The number of hydrogen-bond donors (Lipinski definition) is 1.